The van der Waals surface area contributed by atoms with Gasteiger partial charge in [-0.2, -0.15) is 0 Å². The lowest BCUT2D eigenvalue weighted by Gasteiger charge is -2.26. The minimum Gasteiger partial charge on any atom is -0.480 e. The molecule has 3 N–H and O–H groups in total. The van der Waals surface area contributed by atoms with E-state index in [9.17, 15) is 9.59 Å². The molecule has 0 aliphatic heterocycles. The van der Waals surface area contributed by atoms with Crippen molar-refractivity contribution in [1.82, 2.24) is 10.6 Å². The zero-order valence-corrected chi connectivity index (χ0v) is 9.95. The molecule has 17 heavy (non-hydrogen) atoms. The standard InChI is InChI=1S/C12H18N2O3/c1-3-4-5-8-13-11(17)14-12(2,10(15)16)9-6-7-9/h1,9H,4-8H2,2H3,(H,15,16)(H2,13,14,17). The predicted molar refractivity (Wildman–Crippen MR) is 63.4 cm³/mol. The molecule has 1 aliphatic rings. The number of rotatable bonds is 6. The van der Waals surface area contributed by atoms with Gasteiger partial charge in [0.25, 0.3) is 0 Å². The van der Waals surface area contributed by atoms with Gasteiger partial charge in [-0.15, -0.1) is 12.3 Å². The maximum atomic E-state index is 11.5. The van der Waals surface area contributed by atoms with Gasteiger partial charge in [-0.1, -0.05) is 0 Å². The third-order valence-electron chi connectivity index (χ3n) is 2.99. The number of hydrogen-bond acceptors (Lipinski definition) is 2. The van der Waals surface area contributed by atoms with Crippen LogP contribution in [0.5, 0.6) is 0 Å². The van der Waals surface area contributed by atoms with Gasteiger partial charge in [0, 0.05) is 13.0 Å². The van der Waals surface area contributed by atoms with Gasteiger partial charge in [-0.05, 0) is 32.1 Å². The number of urea groups is 1. The van der Waals surface area contributed by atoms with E-state index >= 15 is 0 Å². The van der Waals surface area contributed by atoms with Crippen LogP contribution in [0.4, 0.5) is 4.79 Å². The molecule has 0 heterocycles. The van der Waals surface area contributed by atoms with Gasteiger partial charge in [0.1, 0.15) is 5.54 Å². The summed E-state index contributed by atoms with van der Waals surface area (Å²) in [6.45, 7) is 2.00. The van der Waals surface area contributed by atoms with E-state index in [1.54, 1.807) is 6.92 Å². The van der Waals surface area contributed by atoms with Gasteiger partial charge in [-0.25, -0.2) is 9.59 Å². The van der Waals surface area contributed by atoms with E-state index in [0.717, 1.165) is 12.8 Å². The van der Waals surface area contributed by atoms with Gasteiger partial charge < -0.3 is 15.7 Å². The quantitative estimate of drug-likeness (QED) is 0.476. The molecule has 0 spiro atoms. The van der Waals surface area contributed by atoms with Crippen LogP contribution in [0.15, 0.2) is 0 Å². The second kappa shape index (κ2) is 5.58. The monoisotopic (exact) mass is 238 g/mol. The number of aliphatic carboxylic acids is 1. The van der Waals surface area contributed by atoms with Crippen LogP contribution in [0, 0.1) is 18.3 Å². The third-order valence-corrected chi connectivity index (χ3v) is 2.99. The summed E-state index contributed by atoms with van der Waals surface area (Å²) in [6, 6.07) is -0.446. The Morgan fingerprint density at radius 2 is 2.18 bits per heavy atom. The summed E-state index contributed by atoms with van der Waals surface area (Å²) in [4.78, 5) is 22.7. The number of hydrogen-bond donors (Lipinski definition) is 3. The number of carbonyl (C=O) groups is 2. The number of carbonyl (C=O) groups excluding carboxylic acids is 1. The molecule has 1 unspecified atom stereocenters. The zero-order chi connectivity index (χ0) is 12.9. The molecule has 0 bridgehead atoms. The van der Waals surface area contributed by atoms with Crippen LogP contribution in [-0.4, -0.2) is 29.2 Å². The normalized spacial score (nSPS) is 17.6. The molecule has 1 rings (SSSR count). The summed E-state index contributed by atoms with van der Waals surface area (Å²) < 4.78 is 0. The van der Waals surface area contributed by atoms with Gasteiger partial charge in [0.05, 0.1) is 0 Å². The van der Waals surface area contributed by atoms with Crippen molar-refractivity contribution in [2.45, 2.75) is 38.1 Å². The maximum Gasteiger partial charge on any atom is 0.329 e. The summed E-state index contributed by atoms with van der Waals surface area (Å²) >= 11 is 0. The lowest BCUT2D eigenvalue weighted by atomic mass is 9.96. The van der Waals surface area contributed by atoms with Crippen molar-refractivity contribution in [3.8, 4) is 12.3 Å². The molecule has 1 fully saturated rings. The first-order chi connectivity index (χ1) is 8.00. The Labute approximate surface area is 101 Å². The lowest BCUT2D eigenvalue weighted by molar-refractivity contribution is -0.144. The smallest absolute Gasteiger partial charge is 0.329 e. The largest absolute Gasteiger partial charge is 0.480 e. The number of carboxylic acids is 1. The highest BCUT2D eigenvalue weighted by atomic mass is 16.4. The fourth-order valence-corrected chi connectivity index (χ4v) is 1.66. The van der Waals surface area contributed by atoms with Crippen LogP contribution in [0.1, 0.15) is 32.6 Å². The topological polar surface area (TPSA) is 78.4 Å². The summed E-state index contributed by atoms with van der Waals surface area (Å²) in [7, 11) is 0. The van der Waals surface area contributed by atoms with E-state index < -0.39 is 17.5 Å². The van der Waals surface area contributed by atoms with Gasteiger partial charge in [-0.3, -0.25) is 0 Å². The Morgan fingerprint density at radius 3 is 2.65 bits per heavy atom. The van der Waals surface area contributed by atoms with Crippen LogP contribution < -0.4 is 10.6 Å². The van der Waals surface area contributed by atoms with E-state index in [-0.39, 0.29) is 5.92 Å². The number of carboxylic acid groups (broad SMARTS) is 1. The molecule has 0 saturated heterocycles. The van der Waals surface area contributed by atoms with E-state index in [0.29, 0.717) is 19.4 Å². The second-order valence-corrected chi connectivity index (χ2v) is 4.47. The average molecular weight is 238 g/mol. The summed E-state index contributed by atoms with van der Waals surface area (Å²) in [6.07, 6.45) is 8.06. The first kappa shape index (κ1) is 13.4. The lowest BCUT2D eigenvalue weighted by Crippen LogP contribution is -2.56. The zero-order valence-electron chi connectivity index (χ0n) is 9.95. The van der Waals surface area contributed by atoms with Crippen molar-refractivity contribution in [3.63, 3.8) is 0 Å². The highest BCUT2D eigenvalue weighted by Gasteiger charge is 2.48. The molecule has 1 atom stereocenters. The van der Waals surface area contributed by atoms with E-state index in [2.05, 4.69) is 16.6 Å². The van der Waals surface area contributed by atoms with Crippen LogP contribution >= 0.6 is 0 Å². The Kier molecular flexibility index (Phi) is 4.38. The Bertz CT molecular complexity index is 344. The number of nitrogens with one attached hydrogen (secondary N) is 2. The molecule has 2 amide bonds. The second-order valence-electron chi connectivity index (χ2n) is 4.47. The Hall–Kier alpha value is -1.70. The van der Waals surface area contributed by atoms with Crippen molar-refractivity contribution in [2.24, 2.45) is 5.92 Å². The van der Waals surface area contributed by atoms with E-state index in [4.69, 9.17) is 11.5 Å². The molecule has 0 radical (unpaired) electrons. The van der Waals surface area contributed by atoms with Crippen molar-refractivity contribution in [1.29, 1.82) is 0 Å². The maximum absolute atomic E-state index is 11.5. The fourth-order valence-electron chi connectivity index (χ4n) is 1.66. The minimum absolute atomic E-state index is 0.0384. The molecule has 5 heteroatoms. The molecular formula is C12H18N2O3. The molecular weight excluding hydrogens is 220 g/mol. The molecule has 0 aromatic heterocycles. The first-order valence-electron chi connectivity index (χ1n) is 5.73. The van der Waals surface area contributed by atoms with Crippen molar-refractivity contribution >= 4 is 12.0 Å². The van der Waals surface area contributed by atoms with Crippen LogP contribution in [0.25, 0.3) is 0 Å². The predicted octanol–water partition coefficient (Wildman–Crippen LogP) is 0.952. The average Bonchev–Trinajstić information content (AvgIpc) is 3.07. The SMILES string of the molecule is C#CCCCNC(=O)NC(C)(C(=O)O)C1CC1. The minimum atomic E-state index is -1.16. The van der Waals surface area contributed by atoms with Gasteiger partial charge in [0.15, 0.2) is 0 Å². The molecule has 0 aromatic rings. The summed E-state index contributed by atoms with van der Waals surface area (Å²) in [5, 5.41) is 14.3. The molecule has 1 saturated carbocycles. The first-order valence-corrected chi connectivity index (χ1v) is 5.73. The molecule has 1 aliphatic carbocycles. The Balaban J connectivity index is 2.38. The Morgan fingerprint density at radius 1 is 1.53 bits per heavy atom. The molecule has 5 nitrogen and oxygen atoms in total. The molecule has 0 aromatic carbocycles. The van der Waals surface area contributed by atoms with Crippen molar-refractivity contribution in [2.75, 3.05) is 6.54 Å². The third kappa shape index (κ3) is 3.66. The van der Waals surface area contributed by atoms with Crippen molar-refractivity contribution < 1.29 is 14.7 Å². The van der Waals surface area contributed by atoms with Gasteiger partial charge >= 0.3 is 12.0 Å². The molecule has 94 valence electrons. The number of unbranched alkanes of at least 4 members (excludes halogenated alkanes) is 1. The van der Waals surface area contributed by atoms with E-state index in [1.165, 1.54) is 0 Å². The van der Waals surface area contributed by atoms with Crippen LogP contribution in [0.3, 0.4) is 0 Å². The number of amides is 2. The highest BCUT2D eigenvalue weighted by molar-refractivity contribution is 5.86. The highest BCUT2D eigenvalue weighted by Crippen LogP contribution is 2.39. The van der Waals surface area contributed by atoms with E-state index in [1.807, 2.05) is 0 Å². The van der Waals surface area contributed by atoms with Crippen molar-refractivity contribution in [3.05, 3.63) is 0 Å². The van der Waals surface area contributed by atoms with Crippen LogP contribution in [0.2, 0.25) is 0 Å². The summed E-state index contributed by atoms with van der Waals surface area (Å²) in [5.74, 6) is 1.52. The van der Waals surface area contributed by atoms with Gasteiger partial charge in [0.2, 0.25) is 0 Å². The van der Waals surface area contributed by atoms with Crippen LogP contribution in [-0.2, 0) is 4.79 Å². The fraction of sp³-hybridized carbons (Fsp3) is 0.667. The number of terminal acetylenes is 1. The summed E-state index contributed by atoms with van der Waals surface area (Å²) in [5.41, 5.74) is -1.16.